The molecule has 1 aromatic heterocycles. The summed E-state index contributed by atoms with van der Waals surface area (Å²) in [4.78, 5) is 33.6. The Morgan fingerprint density at radius 3 is 1.95 bits per heavy atom. The third-order valence-corrected chi connectivity index (χ3v) is 2.41. The average Bonchev–Trinajstić information content (AvgIpc) is 2.77. The summed E-state index contributed by atoms with van der Waals surface area (Å²) in [5.74, 6) is -1.00. The highest BCUT2D eigenvalue weighted by atomic mass is 16.6. The number of hydrogen-bond acceptors (Lipinski definition) is 6. The van der Waals surface area contributed by atoms with Gasteiger partial charge in [0.2, 0.25) is 0 Å². The van der Waals surface area contributed by atoms with Gasteiger partial charge in [-0.05, 0) is 27.7 Å². The van der Waals surface area contributed by atoms with Gasteiger partial charge in [-0.25, -0.2) is 4.79 Å². The first-order chi connectivity index (χ1) is 10.2. The summed E-state index contributed by atoms with van der Waals surface area (Å²) in [7, 11) is 0. The van der Waals surface area contributed by atoms with Crippen LogP contribution < -0.4 is 5.82 Å². The van der Waals surface area contributed by atoms with Crippen LogP contribution >= 0.6 is 0 Å². The number of hydrogen-bond donors (Lipinski definition) is 0. The van der Waals surface area contributed by atoms with Crippen LogP contribution in [0.2, 0.25) is 0 Å². The summed E-state index contributed by atoms with van der Waals surface area (Å²) in [6.45, 7) is 14.0. The van der Waals surface area contributed by atoms with Crippen LogP contribution in [0.5, 0.6) is 0 Å². The van der Waals surface area contributed by atoms with Gasteiger partial charge in [-0.3, -0.25) is 9.59 Å². The molecule has 0 aliphatic rings. The Hall–Kier alpha value is -1.85. The Balaban J connectivity index is 0. The molecule has 128 valence electrons. The molecule has 1 heterocycles. The number of carbonyl (C=O) groups is 2. The molecular weight excluding hydrogens is 288 g/mol. The van der Waals surface area contributed by atoms with Gasteiger partial charge in [0.05, 0.1) is 5.41 Å². The number of Topliss-reactive ketones (excluding diaryl/α,β-unsaturated/α-hetero) is 1. The zero-order valence-corrected chi connectivity index (χ0v) is 14.9. The van der Waals surface area contributed by atoms with Crippen LogP contribution in [0.25, 0.3) is 0 Å². The van der Waals surface area contributed by atoms with Crippen molar-refractivity contribution < 1.29 is 23.2 Å². The van der Waals surface area contributed by atoms with E-state index in [1.807, 2.05) is 27.7 Å². The van der Waals surface area contributed by atoms with Gasteiger partial charge in [0.25, 0.3) is 0 Å². The van der Waals surface area contributed by atoms with Gasteiger partial charge in [0.1, 0.15) is 5.78 Å². The minimum Gasteiger partial charge on any atom is -0.457 e. The smallest absolute Gasteiger partial charge is 0.457 e. The van der Waals surface area contributed by atoms with Crippen LogP contribution in [0.3, 0.4) is 0 Å². The van der Waals surface area contributed by atoms with E-state index in [9.17, 15) is 14.4 Å². The van der Waals surface area contributed by atoms with E-state index >= 15 is 0 Å². The second-order valence-electron chi connectivity index (χ2n) is 4.77. The highest BCUT2D eigenvalue weighted by Crippen LogP contribution is 2.23. The number of aryl methyl sites for hydroxylation is 1. The minimum absolute atomic E-state index is 0.0945. The van der Waals surface area contributed by atoms with Gasteiger partial charge in [0.15, 0.2) is 18.1 Å². The average molecular weight is 316 g/mol. The number of ketones is 1. The Morgan fingerprint density at radius 1 is 1.09 bits per heavy atom. The largest absolute Gasteiger partial charge is 0.519 e. The Morgan fingerprint density at radius 2 is 1.59 bits per heavy atom. The maximum absolute atomic E-state index is 11.8. The molecule has 0 fully saturated rings. The highest BCUT2D eigenvalue weighted by molar-refractivity contribution is 5.85. The van der Waals surface area contributed by atoms with Gasteiger partial charge >= 0.3 is 11.8 Å². The predicted octanol–water partition coefficient (Wildman–Crippen LogP) is 3.64. The van der Waals surface area contributed by atoms with Gasteiger partial charge in [-0.1, -0.05) is 27.7 Å². The molecule has 22 heavy (non-hydrogen) atoms. The van der Waals surface area contributed by atoms with Crippen LogP contribution in [-0.4, -0.2) is 11.8 Å². The van der Waals surface area contributed by atoms with Gasteiger partial charge < -0.3 is 13.6 Å². The molecule has 0 N–H and O–H groups in total. The molecule has 0 amide bonds. The Kier molecular flexibility index (Phi) is 11.0. The van der Waals surface area contributed by atoms with Gasteiger partial charge in [0, 0.05) is 6.42 Å². The maximum Gasteiger partial charge on any atom is 0.519 e. The molecule has 0 atom stereocenters. The van der Waals surface area contributed by atoms with Crippen LogP contribution in [0.15, 0.2) is 13.6 Å². The normalized spacial score (nSPS) is 9.82. The summed E-state index contributed by atoms with van der Waals surface area (Å²) >= 11 is 0. The Bertz CT molecular complexity index is 507. The van der Waals surface area contributed by atoms with Crippen molar-refractivity contribution in [3.63, 3.8) is 0 Å². The van der Waals surface area contributed by atoms with Crippen molar-refractivity contribution in [3.8, 4) is 0 Å². The summed E-state index contributed by atoms with van der Waals surface area (Å²) < 4.78 is 14.3. The van der Waals surface area contributed by atoms with Crippen LogP contribution in [0, 0.1) is 12.3 Å². The lowest BCUT2D eigenvalue weighted by atomic mass is 9.88. The topological polar surface area (TPSA) is 86.7 Å². The van der Waals surface area contributed by atoms with E-state index in [0.717, 1.165) is 0 Å². The maximum atomic E-state index is 11.8. The molecule has 0 unspecified atom stereocenters. The molecule has 0 spiro atoms. The third-order valence-electron chi connectivity index (χ3n) is 2.41. The quantitative estimate of drug-likeness (QED) is 0.771. The monoisotopic (exact) mass is 316 g/mol. The lowest BCUT2D eigenvalue weighted by Gasteiger charge is -2.20. The fourth-order valence-corrected chi connectivity index (χ4v) is 1.53. The van der Waals surface area contributed by atoms with E-state index in [1.165, 1.54) is 13.8 Å². The van der Waals surface area contributed by atoms with Crippen molar-refractivity contribution >= 4 is 11.8 Å². The lowest BCUT2D eigenvalue weighted by molar-refractivity contribution is -0.157. The van der Waals surface area contributed by atoms with E-state index in [2.05, 4.69) is 4.42 Å². The summed E-state index contributed by atoms with van der Waals surface area (Å²) in [6, 6.07) is 0. The molecule has 0 saturated carbocycles. The molecule has 1 rings (SSSR count). The molecular formula is C16H28O6. The van der Waals surface area contributed by atoms with Gasteiger partial charge in [-0.15, -0.1) is 0 Å². The number of ether oxygens (including phenoxy) is 1. The minimum atomic E-state index is -0.899. The van der Waals surface area contributed by atoms with Gasteiger partial charge in [-0.2, -0.15) is 0 Å². The molecule has 0 aliphatic heterocycles. The summed E-state index contributed by atoms with van der Waals surface area (Å²) in [5.41, 5.74) is -0.899. The number of rotatable bonds is 5. The van der Waals surface area contributed by atoms with E-state index < -0.39 is 17.2 Å². The SMILES string of the molecule is CC.CC.CC(=O)CC(C)(C)C(=O)OCc1oc(=O)oc1C. The first-order valence-corrected chi connectivity index (χ1v) is 7.48. The second-order valence-corrected chi connectivity index (χ2v) is 4.77. The van der Waals surface area contributed by atoms with Crippen molar-refractivity contribution in [1.82, 2.24) is 0 Å². The van der Waals surface area contributed by atoms with E-state index in [4.69, 9.17) is 9.15 Å². The molecule has 1 aromatic rings. The molecule has 0 aromatic carbocycles. The Labute approximate surface area is 131 Å². The van der Waals surface area contributed by atoms with E-state index in [1.54, 1.807) is 13.8 Å². The van der Waals surface area contributed by atoms with E-state index in [0.29, 0.717) is 0 Å². The fraction of sp³-hybridized carbons (Fsp3) is 0.688. The van der Waals surface area contributed by atoms with Crippen LogP contribution in [0.4, 0.5) is 0 Å². The van der Waals surface area contributed by atoms with Crippen molar-refractivity contribution in [2.75, 3.05) is 0 Å². The number of carbonyl (C=O) groups excluding carboxylic acids is 2. The molecule has 0 bridgehead atoms. The number of esters is 1. The second kappa shape index (κ2) is 10.8. The van der Waals surface area contributed by atoms with Crippen molar-refractivity contribution in [1.29, 1.82) is 0 Å². The lowest BCUT2D eigenvalue weighted by Crippen LogP contribution is -2.28. The zero-order chi connectivity index (χ0) is 17.9. The third kappa shape index (κ3) is 7.81. The van der Waals surface area contributed by atoms with Crippen LogP contribution in [-0.2, 0) is 20.9 Å². The van der Waals surface area contributed by atoms with Crippen molar-refractivity contribution in [3.05, 3.63) is 22.1 Å². The standard InChI is InChI=1S/C12H16O6.2C2H6/c1-7(13)5-12(3,4)10(14)16-6-9-8(2)17-11(15)18-9;2*1-2/h5-6H2,1-4H3;2*1-2H3. The molecule has 0 aliphatic carbocycles. The van der Waals surface area contributed by atoms with Crippen molar-refractivity contribution in [2.45, 2.75) is 68.4 Å². The molecule has 0 radical (unpaired) electrons. The van der Waals surface area contributed by atoms with Crippen molar-refractivity contribution in [2.24, 2.45) is 5.41 Å². The fourth-order valence-electron chi connectivity index (χ4n) is 1.53. The predicted molar refractivity (Wildman–Crippen MR) is 83.6 cm³/mol. The molecule has 0 saturated heterocycles. The zero-order valence-electron chi connectivity index (χ0n) is 14.9. The molecule has 6 nitrogen and oxygen atoms in total. The summed E-state index contributed by atoms with van der Waals surface area (Å²) in [5, 5.41) is 0. The molecule has 6 heteroatoms. The first-order valence-electron chi connectivity index (χ1n) is 7.48. The van der Waals surface area contributed by atoms with E-state index in [-0.39, 0.29) is 30.3 Å². The first kappa shape index (κ1) is 22.4. The summed E-state index contributed by atoms with van der Waals surface area (Å²) in [6.07, 6.45) is 0.0974. The highest BCUT2D eigenvalue weighted by Gasteiger charge is 2.31. The van der Waals surface area contributed by atoms with Crippen LogP contribution in [0.1, 0.15) is 66.4 Å².